The summed E-state index contributed by atoms with van der Waals surface area (Å²) in [5, 5.41) is 0. The highest BCUT2D eigenvalue weighted by atomic mass is 19.1. The summed E-state index contributed by atoms with van der Waals surface area (Å²) in [7, 11) is 0. The molecule has 0 aliphatic rings. The number of aromatic nitrogens is 1. The molecule has 0 amide bonds. The number of fused-ring (bicyclic) bond motifs is 1. The van der Waals surface area contributed by atoms with Crippen LogP contribution in [0.2, 0.25) is 0 Å². The van der Waals surface area contributed by atoms with Crippen molar-refractivity contribution in [3.63, 3.8) is 0 Å². The van der Waals surface area contributed by atoms with Crippen LogP contribution in [-0.2, 0) is 4.79 Å². The number of hydrogen-bond acceptors (Lipinski definition) is 3. The van der Waals surface area contributed by atoms with Crippen LogP contribution in [0.4, 0.5) is 4.39 Å². The maximum Gasteiger partial charge on any atom is 0.205 e. The second-order valence-electron chi connectivity index (χ2n) is 3.50. The lowest BCUT2D eigenvalue weighted by Gasteiger charge is -1.99. The van der Waals surface area contributed by atoms with Gasteiger partial charge in [-0.25, -0.2) is 9.37 Å². The summed E-state index contributed by atoms with van der Waals surface area (Å²) in [5.41, 5.74) is 0.942. The molecule has 0 radical (unpaired) electrons. The van der Waals surface area contributed by atoms with Gasteiger partial charge < -0.3 is 4.42 Å². The van der Waals surface area contributed by atoms with Gasteiger partial charge >= 0.3 is 0 Å². The number of ketones is 1. The number of carbonyl (C=O) groups excluding carboxylic acids is 1. The van der Waals surface area contributed by atoms with Gasteiger partial charge in [0.1, 0.15) is 17.1 Å². The molecular weight excluding hydrogens is 197 g/mol. The molecule has 1 heterocycles. The van der Waals surface area contributed by atoms with Gasteiger partial charge in [-0.05, 0) is 26.0 Å². The van der Waals surface area contributed by atoms with E-state index in [1.54, 1.807) is 6.92 Å². The number of nitrogens with zero attached hydrogens (tertiary/aromatic N) is 1. The van der Waals surface area contributed by atoms with Gasteiger partial charge in [-0.2, -0.15) is 0 Å². The molecule has 1 aromatic heterocycles. The van der Waals surface area contributed by atoms with E-state index in [2.05, 4.69) is 4.98 Å². The minimum atomic E-state index is -0.388. The molecule has 2 rings (SSSR count). The molecule has 78 valence electrons. The molecule has 0 aliphatic heterocycles. The van der Waals surface area contributed by atoms with Crippen LogP contribution in [0, 0.1) is 5.82 Å². The number of oxazole rings is 1. The van der Waals surface area contributed by atoms with Gasteiger partial charge in [-0.15, -0.1) is 0 Å². The summed E-state index contributed by atoms with van der Waals surface area (Å²) < 4.78 is 18.2. The van der Waals surface area contributed by atoms with Crippen LogP contribution in [0.5, 0.6) is 0 Å². The summed E-state index contributed by atoms with van der Waals surface area (Å²) in [6.07, 6.45) is 0. The Morgan fingerprint density at radius 1 is 1.53 bits per heavy atom. The summed E-state index contributed by atoms with van der Waals surface area (Å²) >= 11 is 0. The fourth-order valence-corrected chi connectivity index (χ4v) is 1.28. The zero-order chi connectivity index (χ0) is 11.0. The summed E-state index contributed by atoms with van der Waals surface area (Å²) in [6, 6.07) is 4.11. The average molecular weight is 207 g/mol. The fraction of sp³-hybridized carbons (Fsp3) is 0.273. The van der Waals surface area contributed by atoms with Crippen molar-refractivity contribution in [3.8, 4) is 0 Å². The lowest BCUT2D eigenvalue weighted by Crippen LogP contribution is -2.03. The van der Waals surface area contributed by atoms with E-state index in [1.807, 2.05) is 0 Å². The van der Waals surface area contributed by atoms with Crippen LogP contribution in [0.1, 0.15) is 25.7 Å². The van der Waals surface area contributed by atoms with Crippen molar-refractivity contribution in [1.82, 2.24) is 4.98 Å². The third-order valence-corrected chi connectivity index (χ3v) is 2.35. The Morgan fingerprint density at radius 2 is 2.27 bits per heavy atom. The number of halogens is 1. The van der Waals surface area contributed by atoms with Crippen molar-refractivity contribution >= 4 is 16.9 Å². The van der Waals surface area contributed by atoms with E-state index < -0.39 is 0 Å². The minimum absolute atomic E-state index is 0.0259. The van der Waals surface area contributed by atoms with Crippen molar-refractivity contribution in [2.75, 3.05) is 0 Å². The Bertz CT molecular complexity index is 518. The number of benzene rings is 1. The topological polar surface area (TPSA) is 43.1 Å². The van der Waals surface area contributed by atoms with E-state index in [-0.39, 0.29) is 17.5 Å². The Morgan fingerprint density at radius 3 is 2.93 bits per heavy atom. The molecule has 15 heavy (non-hydrogen) atoms. The third-order valence-electron chi connectivity index (χ3n) is 2.35. The Labute approximate surface area is 85.9 Å². The second-order valence-corrected chi connectivity index (χ2v) is 3.50. The van der Waals surface area contributed by atoms with E-state index in [4.69, 9.17) is 4.42 Å². The van der Waals surface area contributed by atoms with Crippen LogP contribution < -0.4 is 0 Å². The molecule has 1 aromatic carbocycles. The minimum Gasteiger partial charge on any atom is -0.440 e. The van der Waals surface area contributed by atoms with Crippen LogP contribution in [0.15, 0.2) is 22.6 Å². The first-order valence-electron chi connectivity index (χ1n) is 4.64. The van der Waals surface area contributed by atoms with Gasteiger partial charge in [0, 0.05) is 6.07 Å². The molecule has 2 aromatic rings. The van der Waals surface area contributed by atoms with Crippen molar-refractivity contribution < 1.29 is 13.6 Å². The zero-order valence-corrected chi connectivity index (χ0v) is 8.45. The van der Waals surface area contributed by atoms with E-state index >= 15 is 0 Å². The molecule has 0 fully saturated rings. The Balaban J connectivity index is 2.51. The van der Waals surface area contributed by atoms with Crippen LogP contribution in [0.25, 0.3) is 11.1 Å². The average Bonchev–Trinajstić information content (AvgIpc) is 2.58. The summed E-state index contributed by atoms with van der Waals surface area (Å²) in [4.78, 5) is 15.2. The third kappa shape index (κ3) is 1.75. The van der Waals surface area contributed by atoms with Crippen molar-refractivity contribution in [2.45, 2.75) is 19.8 Å². The monoisotopic (exact) mass is 207 g/mol. The zero-order valence-electron chi connectivity index (χ0n) is 8.45. The molecule has 1 atom stereocenters. The molecule has 0 saturated carbocycles. The summed E-state index contributed by atoms with van der Waals surface area (Å²) in [5.74, 6) is -0.453. The Kier molecular flexibility index (Phi) is 2.26. The van der Waals surface area contributed by atoms with Gasteiger partial charge in [0.15, 0.2) is 5.58 Å². The van der Waals surface area contributed by atoms with Gasteiger partial charge in [-0.1, -0.05) is 0 Å². The predicted molar refractivity (Wildman–Crippen MR) is 53.1 cm³/mol. The van der Waals surface area contributed by atoms with Crippen molar-refractivity contribution in [1.29, 1.82) is 0 Å². The lowest BCUT2D eigenvalue weighted by atomic mass is 10.1. The number of carbonyl (C=O) groups is 1. The highest BCUT2D eigenvalue weighted by Crippen LogP contribution is 2.22. The molecule has 0 aliphatic carbocycles. The van der Waals surface area contributed by atoms with Crippen LogP contribution >= 0.6 is 0 Å². The molecule has 0 saturated heterocycles. The molecule has 0 spiro atoms. The van der Waals surface area contributed by atoms with Crippen LogP contribution in [-0.4, -0.2) is 10.8 Å². The lowest BCUT2D eigenvalue weighted by molar-refractivity contribution is -0.118. The molecule has 0 N–H and O–H groups in total. The molecule has 4 heteroatoms. The van der Waals surface area contributed by atoms with E-state index in [1.165, 1.54) is 25.1 Å². The first-order valence-corrected chi connectivity index (χ1v) is 4.64. The maximum atomic E-state index is 12.9. The number of hydrogen-bond donors (Lipinski definition) is 0. The van der Waals surface area contributed by atoms with E-state index in [9.17, 15) is 9.18 Å². The Hall–Kier alpha value is -1.71. The first kappa shape index (κ1) is 9.83. The van der Waals surface area contributed by atoms with Gasteiger partial charge in [0.2, 0.25) is 5.89 Å². The molecule has 3 nitrogen and oxygen atoms in total. The SMILES string of the molecule is CC(=O)C(C)c1nc2ccc(F)cc2o1. The van der Waals surface area contributed by atoms with Crippen molar-refractivity contribution in [2.24, 2.45) is 0 Å². The summed E-state index contributed by atoms with van der Waals surface area (Å²) in [6.45, 7) is 3.18. The highest BCUT2D eigenvalue weighted by molar-refractivity contribution is 5.83. The van der Waals surface area contributed by atoms with Gasteiger partial charge in [0.05, 0.1) is 5.92 Å². The van der Waals surface area contributed by atoms with Crippen molar-refractivity contribution in [3.05, 3.63) is 29.9 Å². The number of rotatable bonds is 2. The molecule has 1 unspecified atom stereocenters. The second kappa shape index (κ2) is 3.46. The van der Waals surface area contributed by atoms with E-state index in [0.717, 1.165) is 0 Å². The quantitative estimate of drug-likeness (QED) is 0.760. The normalized spacial score (nSPS) is 13.0. The number of Topliss-reactive ketones (excluding diaryl/α,β-unsaturated/α-hetero) is 1. The van der Waals surface area contributed by atoms with Gasteiger partial charge in [-0.3, -0.25) is 4.79 Å². The molecular formula is C11H10FNO2. The van der Waals surface area contributed by atoms with E-state index in [0.29, 0.717) is 17.0 Å². The first-order chi connectivity index (χ1) is 7.08. The van der Waals surface area contributed by atoms with Crippen LogP contribution in [0.3, 0.4) is 0 Å². The maximum absolute atomic E-state index is 12.9. The molecule has 0 bridgehead atoms. The predicted octanol–water partition coefficient (Wildman–Crippen LogP) is 2.66. The van der Waals surface area contributed by atoms with Gasteiger partial charge in [0.25, 0.3) is 0 Å². The fourth-order valence-electron chi connectivity index (χ4n) is 1.28. The largest absolute Gasteiger partial charge is 0.440 e. The smallest absolute Gasteiger partial charge is 0.205 e. The standard InChI is InChI=1S/C11H10FNO2/c1-6(7(2)14)11-13-9-4-3-8(12)5-10(9)15-11/h3-6H,1-2H3. The highest BCUT2D eigenvalue weighted by Gasteiger charge is 2.17.